The van der Waals surface area contributed by atoms with E-state index in [2.05, 4.69) is 5.32 Å². The second-order valence-corrected chi connectivity index (χ2v) is 4.71. The molecule has 1 saturated heterocycles. The monoisotopic (exact) mass is 268 g/mol. The Morgan fingerprint density at radius 3 is 3.06 bits per heavy atom. The van der Waals surface area contributed by atoms with Crippen LogP contribution in [0.5, 0.6) is 0 Å². The van der Waals surface area contributed by atoms with Crippen molar-refractivity contribution >= 4 is 17.5 Å². The summed E-state index contributed by atoms with van der Waals surface area (Å²) >= 11 is 6.18. The van der Waals surface area contributed by atoms with Crippen LogP contribution in [-0.4, -0.2) is 44.2 Å². The molecule has 98 valence electrons. The maximum atomic E-state index is 11.8. The number of amides is 1. The van der Waals surface area contributed by atoms with Gasteiger partial charge in [-0.05, 0) is 11.6 Å². The van der Waals surface area contributed by atoms with Gasteiger partial charge in [-0.3, -0.25) is 4.79 Å². The lowest BCUT2D eigenvalue weighted by molar-refractivity contribution is -0.136. The molecule has 1 aliphatic rings. The van der Waals surface area contributed by atoms with Crippen molar-refractivity contribution in [2.24, 2.45) is 0 Å². The summed E-state index contributed by atoms with van der Waals surface area (Å²) in [5.41, 5.74) is 1.04. The van der Waals surface area contributed by atoms with Gasteiger partial charge >= 0.3 is 0 Å². The number of hydrogen-bond donors (Lipinski definition) is 1. The van der Waals surface area contributed by atoms with E-state index in [0.29, 0.717) is 13.1 Å². The van der Waals surface area contributed by atoms with E-state index in [1.807, 2.05) is 29.2 Å². The Labute approximate surface area is 112 Å². The number of piperazine rings is 1. The smallest absolute Gasteiger partial charge is 0.248 e. The second kappa shape index (κ2) is 6.18. The number of carbonyl (C=O) groups is 1. The first-order valence-corrected chi connectivity index (χ1v) is 6.34. The van der Waals surface area contributed by atoms with Gasteiger partial charge in [-0.1, -0.05) is 29.8 Å². The predicted molar refractivity (Wildman–Crippen MR) is 70.7 cm³/mol. The van der Waals surface area contributed by atoms with Gasteiger partial charge in [-0.25, -0.2) is 0 Å². The summed E-state index contributed by atoms with van der Waals surface area (Å²) in [6.45, 7) is 2.25. The van der Waals surface area contributed by atoms with Crippen LogP contribution >= 0.6 is 11.6 Å². The Balaban J connectivity index is 2.07. The van der Waals surface area contributed by atoms with Crippen molar-refractivity contribution in [3.63, 3.8) is 0 Å². The molecule has 0 radical (unpaired) electrons. The third-order valence-electron chi connectivity index (χ3n) is 3.08. The van der Waals surface area contributed by atoms with Gasteiger partial charge in [0, 0.05) is 31.8 Å². The molecule has 2 rings (SSSR count). The standard InChI is InChI=1S/C13H17ClN2O2/c1-18-9-13(17)16-7-6-15-12(8-16)10-4-2-3-5-11(10)14/h2-5,12,15H,6-9H2,1H3. The molecule has 0 aromatic heterocycles. The molecule has 4 nitrogen and oxygen atoms in total. The van der Waals surface area contributed by atoms with Gasteiger partial charge in [0.25, 0.3) is 0 Å². The number of halogens is 1. The molecule has 0 aliphatic carbocycles. The van der Waals surface area contributed by atoms with E-state index in [4.69, 9.17) is 16.3 Å². The van der Waals surface area contributed by atoms with Crippen molar-refractivity contribution in [3.05, 3.63) is 34.9 Å². The van der Waals surface area contributed by atoms with Crippen LogP contribution in [0.2, 0.25) is 5.02 Å². The minimum Gasteiger partial charge on any atom is -0.375 e. The number of carbonyl (C=O) groups excluding carboxylic acids is 1. The molecule has 0 spiro atoms. The van der Waals surface area contributed by atoms with E-state index in [0.717, 1.165) is 17.1 Å². The molecule has 1 aromatic carbocycles. The fourth-order valence-corrected chi connectivity index (χ4v) is 2.42. The number of nitrogens with one attached hydrogen (secondary N) is 1. The van der Waals surface area contributed by atoms with Crippen LogP contribution in [0, 0.1) is 0 Å². The van der Waals surface area contributed by atoms with Crippen molar-refractivity contribution in [2.75, 3.05) is 33.4 Å². The zero-order valence-electron chi connectivity index (χ0n) is 10.4. The highest BCUT2D eigenvalue weighted by Gasteiger charge is 2.25. The normalized spacial score (nSPS) is 19.9. The first kappa shape index (κ1) is 13.3. The first-order valence-electron chi connectivity index (χ1n) is 5.97. The van der Waals surface area contributed by atoms with E-state index in [1.54, 1.807) is 0 Å². The Morgan fingerprint density at radius 1 is 1.56 bits per heavy atom. The molecule has 1 fully saturated rings. The Bertz CT molecular complexity index is 425. The molecule has 5 heteroatoms. The summed E-state index contributed by atoms with van der Waals surface area (Å²) < 4.78 is 4.88. The van der Waals surface area contributed by atoms with Crippen LogP contribution in [0.25, 0.3) is 0 Å². The zero-order chi connectivity index (χ0) is 13.0. The lowest BCUT2D eigenvalue weighted by Gasteiger charge is -2.34. The van der Waals surface area contributed by atoms with Crippen LogP contribution in [0.4, 0.5) is 0 Å². The fourth-order valence-electron chi connectivity index (χ4n) is 2.16. The fraction of sp³-hybridized carbons (Fsp3) is 0.462. The van der Waals surface area contributed by atoms with Gasteiger partial charge in [0.2, 0.25) is 5.91 Å². The Morgan fingerprint density at radius 2 is 2.33 bits per heavy atom. The molecule has 1 N–H and O–H groups in total. The molecule has 0 bridgehead atoms. The van der Waals surface area contributed by atoms with Crippen molar-refractivity contribution < 1.29 is 9.53 Å². The molecular weight excluding hydrogens is 252 g/mol. The highest BCUT2D eigenvalue weighted by molar-refractivity contribution is 6.31. The van der Waals surface area contributed by atoms with Crippen molar-refractivity contribution in [1.29, 1.82) is 0 Å². The average Bonchev–Trinajstić information content (AvgIpc) is 2.40. The van der Waals surface area contributed by atoms with Gasteiger partial charge in [-0.2, -0.15) is 0 Å². The predicted octanol–water partition coefficient (Wildman–Crippen LogP) is 1.46. The molecule has 1 amide bonds. The third kappa shape index (κ3) is 3.02. The summed E-state index contributed by atoms with van der Waals surface area (Å²) in [7, 11) is 1.53. The molecule has 1 unspecified atom stereocenters. The highest BCUT2D eigenvalue weighted by Crippen LogP contribution is 2.24. The SMILES string of the molecule is COCC(=O)N1CCNC(c2ccccc2Cl)C1. The molecular formula is C13H17ClN2O2. The molecule has 1 atom stereocenters. The highest BCUT2D eigenvalue weighted by atomic mass is 35.5. The van der Waals surface area contributed by atoms with Crippen molar-refractivity contribution in [1.82, 2.24) is 10.2 Å². The zero-order valence-corrected chi connectivity index (χ0v) is 11.1. The number of benzene rings is 1. The number of rotatable bonds is 3. The second-order valence-electron chi connectivity index (χ2n) is 4.30. The van der Waals surface area contributed by atoms with Gasteiger partial charge < -0.3 is 15.0 Å². The third-order valence-corrected chi connectivity index (χ3v) is 3.42. The molecule has 1 aromatic rings. The van der Waals surface area contributed by atoms with Crippen molar-refractivity contribution in [3.8, 4) is 0 Å². The van der Waals surface area contributed by atoms with Crippen LogP contribution < -0.4 is 5.32 Å². The Hall–Kier alpha value is -1.10. The van der Waals surface area contributed by atoms with Crippen molar-refractivity contribution in [2.45, 2.75) is 6.04 Å². The summed E-state index contributed by atoms with van der Waals surface area (Å²) in [4.78, 5) is 13.6. The lowest BCUT2D eigenvalue weighted by Crippen LogP contribution is -2.49. The largest absolute Gasteiger partial charge is 0.375 e. The molecule has 18 heavy (non-hydrogen) atoms. The first-order chi connectivity index (χ1) is 8.72. The Kier molecular flexibility index (Phi) is 4.58. The van der Waals surface area contributed by atoms with Gasteiger partial charge in [0.05, 0.1) is 6.04 Å². The molecule has 1 heterocycles. The summed E-state index contributed by atoms with van der Waals surface area (Å²) in [6, 6.07) is 7.81. The van der Waals surface area contributed by atoms with E-state index in [1.165, 1.54) is 7.11 Å². The molecule has 0 saturated carbocycles. The topological polar surface area (TPSA) is 41.6 Å². The maximum absolute atomic E-state index is 11.8. The molecule has 1 aliphatic heterocycles. The van der Waals surface area contributed by atoms with E-state index in [9.17, 15) is 4.79 Å². The summed E-state index contributed by atoms with van der Waals surface area (Å²) in [5, 5.41) is 4.12. The summed E-state index contributed by atoms with van der Waals surface area (Å²) in [6.07, 6.45) is 0. The average molecular weight is 269 g/mol. The van der Waals surface area contributed by atoms with E-state index in [-0.39, 0.29) is 18.6 Å². The quantitative estimate of drug-likeness (QED) is 0.902. The van der Waals surface area contributed by atoms with Crippen LogP contribution in [0.3, 0.4) is 0 Å². The number of hydrogen-bond acceptors (Lipinski definition) is 3. The number of ether oxygens (including phenoxy) is 1. The maximum Gasteiger partial charge on any atom is 0.248 e. The van der Waals surface area contributed by atoms with Crippen LogP contribution in [0.15, 0.2) is 24.3 Å². The van der Waals surface area contributed by atoms with E-state index < -0.39 is 0 Å². The van der Waals surface area contributed by atoms with Crippen LogP contribution in [0.1, 0.15) is 11.6 Å². The lowest BCUT2D eigenvalue weighted by atomic mass is 10.0. The number of nitrogens with zero attached hydrogens (tertiary/aromatic N) is 1. The summed E-state index contributed by atoms with van der Waals surface area (Å²) in [5.74, 6) is 0.0241. The number of methoxy groups -OCH3 is 1. The van der Waals surface area contributed by atoms with E-state index >= 15 is 0 Å². The minimum atomic E-state index is 0.0241. The van der Waals surface area contributed by atoms with Gasteiger partial charge in [0.15, 0.2) is 0 Å². The van der Waals surface area contributed by atoms with Gasteiger partial charge in [0.1, 0.15) is 6.61 Å². The minimum absolute atomic E-state index is 0.0241. The van der Waals surface area contributed by atoms with Gasteiger partial charge in [-0.15, -0.1) is 0 Å². The van der Waals surface area contributed by atoms with Crippen LogP contribution in [-0.2, 0) is 9.53 Å².